The van der Waals surface area contributed by atoms with Crippen LogP contribution in [0.3, 0.4) is 0 Å². The number of hydrogen-bond donors (Lipinski definition) is 0. The molecule has 7 amide bonds. The standard InChI is InChI=1S/3C20H30N4O4.C15H22BrN3O3/c3*1-20(2,3)28-19(26)23-10-7-15(8-11-23)14-27-17-13-21-16(12-22-17)24-9-5-4-6-18(24)25;1-15(2,3)22-14(20)19-6-4-11(5-7-19)10-21-13-9-17-12(16)8-18-13/h3*12-13,15H,4-11,14H2,1-3H3;8-9,11H,4-7,10H2,1-3H3. The van der Waals surface area contributed by atoms with E-state index in [1.807, 2.05) is 83.1 Å². The lowest BCUT2D eigenvalue weighted by Crippen LogP contribution is -2.42. The molecule has 106 heavy (non-hydrogen) atoms. The molecule has 0 atom stereocenters. The molecule has 0 spiro atoms. The van der Waals surface area contributed by atoms with Crippen molar-refractivity contribution in [3.63, 3.8) is 0 Å². The lowest BCUT2D eigenvalue weighted by atomic mass is 9.98. The molecular formula is C75H112BrN15O15. The van der Waals surface area contributed by atoms with Gasteiger partial charge in [-0.1, -0.05) is 0 Å². The molecule has 7 aliphatic rings. The Bertz CT molecular complexity index is 3150. The molecule has 7 aliphatic heterocycles. The number of piperidine rings is 7. The van der Waals surface area contributed by atoms with Gasteiger partial charge in [0.2, 0.25) is 41.2 Å². The van der Waals surface area contributed by atoms with E-state index < -0.39 is 22.4 Å². The molecule has 7 fully saturated rings. The summed E-state index contributed by atoms with van der Waals surface area (Å²) in [7, 11) is 0. The topological polar surface area (TPSA) is 319 Å². The fourth-order valence-corrected chi connectivity index (χ4v) is 12.5. The van der Waals surface area contributed by atoms with E-state index >= 15 is 0 Å². The first-order chi connectivity index (χ1) is 50.3. The van der Waals surface area contributed by atoms with Crippen LogP contribution in [0.15, 0.2) is 54.2 Å². The molecule has 0 aliphatic carbocycles. The quantitative estimate of drug-likeness (QED) is 0.0998. The number of carbonyl (C=O) groups is 7. The summed E-state index contributed by atoms with van der Waals surface area (Å²) in [5, 5.41) is 0. The van der Waals surface area contributed by atoms with Crippen molar-refractivity contribution in [1.29, 1.82) is 0 Å². The second kappa shape index (κ2) is 39.4. The normalized spacial score (nSPS) is 18.4. The highest BCUT2D eigenvalue weighted by Gasteiger charge is 2.33. The van der Waals surface area contributed by atoms with Gasteiger partial charge in [-0.2, -0.15) is 0 Å². The largest absolute Gasteiger partial charge is 0.476 e. The molecule has 11 heterocycles. The van der Waals surface area contributed by atoms with E-state index in [1.165, 1.54) is 0 Å². The summed E-state index contributed by atoms with van der Waals surface area (Å²) in [6.07, 6.45) is 26.3. The Labute approximate surface area is 632 Å². The minimum Gasteiger partial charge on any atom is -0.476 e. The van der Waals surface area contributed by atoms with Crippen LogP contribution >= 0.6 is 15.9 Å². The average Bonchev–Trinajstić information content (AvgIpc) is 0.843. The highest BCUT2D eigenvalue weighted by atomic mass is 79.9. The molecular weight excluding hydrogens is 1430 g/mol. The fraction of sp³-hybridized carbons (Fsp3) is 0.693. The zero-order valence-corrected chi connectivity index (χ0v) is 65.9. The number of amides is 7. The van der Waals surface area contributed by atoms with Gasteiger partial charge >= 0.3 is 24.4 Å². The molecule has 11 rings (SSSR count). The van der Waals surface area contributed by atoms with E-state index in [-0.39, 0.29) is 42.1 Å². The van der Waals surface area contributed by atoms with Crippen LogP contribution in [0.25, 0.3) is 0 Å². The van der Waals surface area contributed by atoms with Crippen LogP contribution < -0.4 is 33.6 Å². The number of aromatic nitrogens is 8. The summed E-state index contributed by atoms with van der Waals surface area (Å²) in [5.41, 5.74) is -1.86. The summed E-state index contributed by atoms with van der Waals surface area (Å²) in [6, 6.07) is 0. The zero-order chi connectivity index (χ0) is 76.6. The Morgan fingerprint density at radius 1 is 0.330 bits per heavy atom. The summed E-state index contributed by atoms with van der Waals surface area (Å²) >= 11 is 3.24. The van der Waals surface area contributed by atoms with Crippen LogP contribution in [0.5, 0.6) is 23.5 Å². The van der Waals surface area contributed by atoms with Gasteiger partial charge in [-0.3, -0.25) is 29.1 Å². The minimum absolute atomic E-state index is 0.103. The fourth-order valence-electron chi connectivity index (χ4n) is 12.3. The first-order valence-corrected chi connectivity index (χ1v) is 38.4. The van der Waals surface area contributed by atoms with Crippen LogP contribution in [0.2, 0.25) is 0 Å². The minimum atomic E-state index is -0.472. The van der Waals surface area contributed by atoms with Crippen molar-refractivity contribution >= 4 is 75.5 Å². The van der Waals surface area contributed by atoms with Gasteiger partial charge in [0.05, 0.1) is 76.0 Å². The summed E-state index contributed by atoms with van der Waals surface area (Å²) in [6.45, 7) is 32.3. The van der Waals surface area contributed by atoms with Gasteiger partial charge in [-0.25, -0.2) is 59.0 Å². The molecule has 584 valence electrons. The Morgan fingerprint density at radius 3 is 0.745 bits per heavy atom. The van der Waals surface area contributed by atoms with Crippen LogP contribution in [-0.2, 0) is 33.3 Å². The first kappa shape index (κ1) is 83.1. The average molecular weight is 1540 g/mol. The number of rotatable bonds is 15. The third-order valence-electron chi connectivity index (χ3n) is 18.2. The second-order valence-corrected chi connectivity index (χ2v) is 32.5. The van der Waals surface area contributed by atoms with Gasteiger partial charge < -0.3 is 57.5 Å². The maximum atomic E-state index is 12.1. The van der Waals surface area contributed by atoms with Crippen LogP contribution in [0.1, 0.15) is 192 Å². The van der Waals surface area contributed by atoms with E-state index in [9.17, 15) is 33.6 Å². The molecule has 0 aromatic carbocycles. The first-order valence-electron chi connectivity index (χ1n) is 37.6. The van der Waals surface area contributed by atoms with E-state index in [1.54, 1.807) is 83.9 Å². The van der Waals surface area contributed by atoms with Crippen molar-refractivity contribution in [3.8, 4) is 23.5 Å². The van der Waals surface area contributed by atoms with Crippen molar-refractivity contribution in [3.05, 3.63) is 54.2 Å². The van der Waals surface area contributed by atoms with Crippen LogP contribution in [0.4, 0.5) is 36.6 Å². The summed E-state index contributed by atoms with van der Waals surface area (Å²) < 4.78 is 45.3. The van der Waals surface area contributed by atoms with E-state index in [0.717, 1.165) is 89.9 Å². The van der Waals surface area contributed by atoms with Gasteiger partial charge in [-0.15, -0.1) is 0 Å². The van der Waals surface area contributed by atoms with Gasteiger partial charge in [0.15, 0.2) is 17.5 Å². The Kier molecular flexibility index (Phi) is 30.9. The number of halogens is 1. The highest BCUT2D eigenvalue weighted by Crippen LogP contribution is 2.29. The van der Waals surface area contributed by atoms with E-state index in [2.05, 4.69) is 55.8 Å². The number of carbonyl (C=O) groups excluding carboxylic acids is 7. The lowest BCUT2D eigenvalue weighted by molar-refractivity contribution is -0.120. The van der Waals surface area contributed by atoms with Crippen molar-refractivity contribution in [2.75, 3.05) is 113 Å². The molecule has 7 saturated heterocycles. The van der Waals surface area contributed by atoms with Gasteiger partial charge in [0.1, 0.15) is 27.0 Å². The molecule has 0 bridgehead atoms. The SMILES string of the molecule is CC(C)(C)OC(=O)N1CCC(COc2cnc(Br)cn2)CC1.CC(C)(C)OC(=O)N1CCC(COc2cnc(N3CCCCC3=O)cn2)CC1.CC(C)(C)OC(=O)N1CCC(COc2cnc(N3CCCCC3=O)cn2)CC1.CC(C)(C)OC(=O)N1CCC(COc2cnc(N3CCCCC3=O)cn2)CC1. The number of hydrogen-bond acceptors (Lipinski definition) is 23. The Morgan fingerprint density at radius 2 is 0.557 bits per heavy atom. The van der Waals surface area contributed by atoms with Gasteiger partial charge in [0.25, 0.3) is 0 Å². The molecule has 30 nitrogen and oxygen atoms in total. The van der Waals surface area contributed by atoms with Crippen LogP contribution in [0, 0.1) is 23.7 Å². The number of ether oxygens (including phenoxy) is 8. The Balaban J connectivity index is 0.000000179. The van der Waals surface area contributed by atoms with Crippen molar-refractivity contribution in [1.82, 2.24) is 59.5 Å². The number of anilines is 3. The molecule has 0 saturated carbocycles. The second-order valence-electron chi connectivity index (χ2n) is 31.7. The molecule has 31 heteroatoms. The van der Waals surface area contributed by atoms with Gasteiger partial charge in [-0.05, 0) is 213 Å². The zero-order valence-electron chi connectivity index (χ0n) is 64.3. The monoisotopic (exact) mass is 1540 g/mol. The molecule has 4 aromatic rings. The number of nitrogens with zero attached hydrogens (tertiary/aromatic N) is 15. The summed E-state index contributed by atoms with van der Waals surface area (Å²) in [5.74, 6) is 5.49. The molecule has 0 radical (unpaired) electrons. The van der Waals surface area contributed by atoms with E-state index in [4.69, 9.17) is 37.9 Å². The van der Waals surface area contributed by atoms with E-state index in [0.29, 0.717) is 187 Å². The lowest BCUT2D eigenvalue weighted by Gasteiger charge is -2.33. The third-order valence-corrected chi connectivity index (χ3v) is 18.6. The predicted molar refractivity (Wildman–Crippen MR) is 399 cm³/mol. The predicted octanol–water partition coefficient (Wildman–Crippen LogP) is 12.3. The smallest absolute Gasteiger partial charge is 0.410 e. The highest BCUT2D eigenvalue weighted by molar-refractivity contribution is 9.10. The molecule has 0 N–H and O–H groups in total. The maximum absolute atomic E-state index is 12.1. The molecule has 4 aromatic heterocycles. The van der Waals surface area contributed by atoms with Crippen molar-refractivity contribution in [2.45, 2.75) is 215 Å². The maximum Gasteiger partial charge on any atom is 0.410 e. The van der Waals surface area contributed by atoms with Gasteiger partial charge in [0, 0.05) is 91.3 Å². The third kappa shape index (κ3) is 28.7. The number of likely N-dealkylation sites (tertiary alicyclic amines) is 4. The van der Waals surface area contributed by atoms with Crippen LogP contribution in [-0.4, -0.2) is 222 Å². The summed E-state index contributed by atoms with van der Waals surface area (Å²) in [4.78, 5) is 130. The Hall–Kier alpha value is -8.51. The molecule has 0 unspecified atom stereocenters. The van der Waals surface area contributed by atoms with Crippen molar-refractivity contribution in [2.24, 2.45) is 23.7 Å². The van der Waals surface area contributed by atoms with Crippen molar-refractivity contribution < 1.29 is 71.5 Å².